The SMILES string of the molecule is CSCC[C@H](NC(C)=O)C(=O)N1CC[C@H](c2ccccc2Cl)S(=O)(=O)CC1. The minimum Gasteiger partial charge on any atom is -0.345 e. The van der Waals surface area contributed by atoms with Crippen molar-refractivity contribution in [1.29, 1.82) is 0 Å². The number of hydrogen-bond acceptors (Lipinski definition) is 5. The minimum atomic E-state index is -3.44. The summed E-state index contributed by atoms with van der Waals surface area (Å²) in [4.78, 5) is 25.9. The predicted molar refractivity (Wildman–Crippen MR) is 110 cm³/mol. The van der Waals surface area contributed by atoms with Gasteiger partial charge in [0.15, 0.2) is 9.84 Å². The van der Waals surface area contributed by atoms with E-state index in [1.807, 2.05) is 6.26 Å². The minimum absolute atomic E-state index is 0.121. The fourth-order valence-corrected chi connectivity index (χ4v) is 5.83. The molecule has 0 spiro atoms. The molecule has 1 saturated heterocycles. The lowest BCUT2D eigenvalue weighted by Crippen LogP contribution is -2.49. The van der Waals surface area contributed by atoms with Gasteiger partial charge in [-0.3, -0.25) is 9.59 Å². The second-order valence-corrected chi connectivity index (χ2v) is 10.2. The first kappa shape index (κ1) is 22.0. The zero-order valence-corrected chi connectivity index (χ0v) is 17.9. The van der Waals surface area contributed by atoms with Crippen LogP contribution in [0.5, 0.6) is 0 Å². The maximum atomic E-state index is 12.9. The number of benzene rings is 1. The maximum absolute atomic E-state index is 12.9. The van der Waals surface area contributed by atoms with E-state index in [2.05, 4.69) is 5.32 Å². The molecule has 2 amide bonds. The van der Waals surface area contributed by atoms with Crippen LogP contribution < -0.4 is 5.32 Å². The fourth-order valence-electron chi connectivity index (χ4n) is 3.21. The van der Waals surface area contributed by atoms with Crippen molar-refractivity contribution in [3.05, 3.63) is 34.9 Å². The summed E-state index contributed by atoms with van der Waals surface area (Å²) in [6.07, 6.45) is 2.73. The topological polar surface area (TPSA) is 83.6 Å². The van der Waals surface area contributed by atoms with Crippen molar-refractivity contribution in [3.8, 4) is 0 Å². The molecule has 0 aliphatic carbocycles. The van der Waals surface area contributed by atoms with Gasteiger partial charge in [-0.25, -0.2) is 8.42 Å². The van der Waals surface area contributed by atoms with Gasteiger partial charge in [-0.1, -0.05) is 29.8 Å². The molecule has 2 rings (SSSR count). The van der Waals surface area contributed by atoms with E-state index in [-0.39, 0.29) is 30.5 Å². The second kappa shape index (κ2) is 9.80. The van der Waals surface area contributed by atoms with Gasteiger partial charge in [0.05, 0.1) is 11.0 Å². The number of carbonyl (C=O) groups excluding carboxylic acids is 2. The van der Waals surface area contributed by atoms with Crippen LogP contribution in [-0.2, 0) is 19.4 Å². The van der Waals surface area contributed by atoms with Crippen LogP contribution in [0.25, 0.3) is 0 Å². The normalized spacial score (nSPS) is 20.6. The van der Waals surface area contributed by atoms with Crippen molar-refractivity contribution in [2.75, 3.05) is 30.9 Å². The Morgan fingerprint density at radius 2 is 2.04 bits per heavy atom. The average Bonchev–Trinajstić information content (AvgIpc) is 2.76. The third kappa shape index (κ3) is 5.86. The van der Waals surface area contributed by atoms with Crippen LogP contribution in [0.2, 0.25) is 5.02 Å². The van der Waals surface area contributed by atoms with Crippen LogP contribution >= 0.6 is 23.4 Å². The van der Waals surface area contributed by atoms with E-state index in [1.54, 1.807) is 40.9 Å². The smallest absolute Gasteiger partial charge is 0.245 e. The Morgan fingerprint density at radius 3 is 2.67 bits per heavy atom. The average molecular weight is 433 g/mol. The highest BCUT2D eigenvalue weighted by molar-refractivity contribution is 7.98. The quantitative estimate of drug-likeness (QED) is 0.745. The number of carbonyl (C=O) groups is 2. The van der Waals surface area contributed by atoms with Crippen molar-refractivity contribution in [1.82, 2.24) is 10.2 Å². The second-order valence-electron chi connectivity index (χ2n) is 6.53. The van der Waals surface area contributed by atoms with Crippen LogP contribution in [0.3, 0.4) is 0 Å². The molecule has 2 atom stereocenters. The summed E-state index contributed by atoms with van der Waals surface area (Å²) in [5, 5.41) is 2.38. The molecule has 1 N–H and O–H groups in total. The molecule has 1 heterocycles. The Kier molecular flexibility index (Phi) is 8.00. The number of rotatable bonds is 6. The van der Waals surface area contributed by atoms with E-state index < -0.39 is 21.1 Å². The number of nitrogens with one attached hydrogen (secondary N) is 1. The molecule has 1 fully saturated rings. The Hall–Kier alpha value is -1.25. The van der Waals surface area contributed by atoms with Gasteiger partial charge in [-0.05, 0) is 36.5 Å². The molecule has 1 aromatic carbocycles. The van der Waals surface area contributed by atoms with Crippen LogP contribution in [0.1, 0.15) is 30.6 Å². The summed E-state index contributed by atoms with van der Waals surface area (Å²) in [5.74, 6) is 0.106. The van der Waals surface area contributed by atoms with Gasteiger partial charge in [-0.2, -0.15) is 11.8 Å². The molecule has 0 radical (unpaired) electrons. The molecular formula is C18H25ClN2O4S2. The van der Waals surface area contributed by atoms with Gasteiger partial charge >= 0.3 is 0 Å². The monoisotopic (exact) mass is 432 g/mol. The van der Waals surface area contributed by atoms with Gasteiger partial charge < -0.3 is 10.2 Å². The zero-order chi connectivity index (χ0) is 20.0. The lowest BCUT2D eigenvalue weighted by Gasteiger charge is -2.26. The standard InChI is InChI=1S/C18H25ClN2O4S2/c1-13(22)20-16(8-11-26-2)18(23)21-9-7-17(27(24,25)12-10-21)14-5-3-4-6-15(14)19/h3-6,16-17H,7-12H2,1-2H3,(H,20,22)/t16-,17+/m0/s1. The Labute approximate surface area is 169 Å². The van der Waals surface area contributed by atoms with E-state index in [0.29, 0.717) is 23.6 Å². The molecule has 0 aromatic heterocycles. The first-order valence-electron chi connectivity index (χ1n) is 8.77. The third-order valence-corrected chi connectivity index (χ3v) is 7.69. The van der Waals surface area contributed by atoms with Crippen LogP contribution in [-0.4, -0.2) is 62.0 Å². The van der Waals surface area contributed by atoms with Crippen LogP contribution in [0.4, 0.5) is 0 Å². The fraction of sp³-hybridized carbons (Fsp3) is 0.556. The molecule has 150 valence electrons. The zero-order valence-electron chi connectivity index (χ0n) is 15.5. The van der Waals surface area contributed by atoms with Crippen molar-refractivity contribution in [2.45, 2.75) is 31.1 Å². The molecule has 1 aromatic rings. The number of amides is 2. The molecule has 0 bridgehead atoms. The molecule has 0 unspecified atom stereocenters. The van der Waals surface area contributed by atoms with Crippen molar-refractivity contribution >= 4 is 45.0 Å². The Balaban J connectivity index is 2.19. The molecule has 0 saturated carbocycles. The number of sulfone groups is 1. The molecule has 1 aliphatic heterocycles. The van der Waals surface area contributed by atoms with Gasteiger partial charge in [0, 0.05) is 25.0 Å². The molecular weight excluding hydrogens is 408 g/mol. The number of nitrogens with zero attached hydrogens (tertiary/aromatic N) is 1. The summed E-state index contributed by atoms with van der Waals surface area (Å²) in [5.41, 5.74) is 0.578. The lowest BCUT2D eigenvalue weighted by atomic mass is 10.1. The summed E-state index contributed by atoms with van der Waals surface area (Å²) < 4.78 is 25.5. The van der Waals surface area contributed by atoms with E-state index >= 15 is 0 Å². The molecule has 9 heteroatoms. The summed E-state index contributed by atoms with van der Waals surface area (Å²) in [7, 11) is -3.44. The molecule has 1 aliphatic rings. The van der Waals surface area contributed by atoms with E-state index in [1.165, 1.54) is 6.92 Å². The predicted octanol–water partition coefficient (Wildman–Crippen LogP) is 2.29. The summed E-state index contributed by atoms with van der Waals surface area (Å²) in [6, 6.07) is 6.29. The number of thioether (sulfide) groups is 1. The van der Waals surface area contributed by atoms with Gasteiger partial charge in [0.2, 0.25) is 11.8 Å². The number of halogens is 1. The van der Waals surface area contributed by atoms with Crippen molar-refractivity contribution in [3.63, 3.8) is 0 Å². The van der Waals surface area contributed by atoms with Crippen molar-refractivity contribution in [2.24, 2.45) is 0 Å². The van der Waals surface area contributed by atoms with E-state index in [9.17, 15) is 18.0 Å². The van der Waals surface area contributed by atoms with Crippen LogP contribution in [0, 0.1) is 0 Å². The summed E-state index contributed by atoms with van der Waals surface area (Å²) in [6.45, 7) is 1.81. The Morgan fingerprint density at radius 1 is 1.33 bits per heavy atom. The van der Waals surface area contributed by atoms with Crippen molar-refractivity contribution < 1.29 is 18.0 Å². The lowest BCUT2D eigenvalue weighted by molar-refractivity contribution is -0.135. The van der Waals surface area contributed by atoms with E-state index in [0.717, 1.165) is 5.75 Å². The third-order valence-electron chi connectivity index (χ3n) is 4.59. The van der Waals surface area contributed by atoms with Gasteiger partial charge in [0.1, 0.15) is 6.04 Å². The highest BCUT2D eigenvalue weighted by atomic mass is 35.5. The highest BCUT2D eigenvalue weighted by Crippen LogP contribution is 2.34. The first-order valence-corrected chi connectivity index (χ1v) is 12.3. The Bertz CT molecular complexity index is 785. The maximum Gasteiger partial charge on any atom is 0.245 e. The first-order chi connectivity index (χ1) is 12.8. The number of hydrogen-bond donors (Lipinski definition) is 1. The van der Waals surface area contributed by atoms with Crippen LogP contribution in [0.15, 0.2) is 24.3 Å². The van der Waals surface area contributed by atoms with E-state index in [4.69, 9.17) is 11.6 Å². The highest BCUT2D eigenvalue weighted by Gasteiger charge is 2.35. The van der Waals surface area contributed by atoms with Gasteiger partial charge in [0.25, 0.3) is 0 Å². The van der Waals surface area contributed by atoms with Gasteiger partial charge in [-0.15, -0.1) is 0 Å². The summed E-state index contributed by atoms with van der Waals surface area (Å²) >= 11 is 7.80. The molecule has 6 nitrogen and oxygen atoms in total. The largest absolute Gasteiger partial charge is 0.345 e. The molecule has 27 heavy (non-hydrogen) atoms.